The van der Waals surface area contributed by atoms with E-state index in [9.17, 15) is 23.5 Å². The third-order valence-electron chi connectivity index (χ3n) is 6.75. The van der Waals surface area contributed by atoms with Crippen molar-refractivity contribution < 1.29 is 23.5 Å². The van der Waals surface area contributed by atoms with Crippen molar-refractivity contribution in [3.8, 4) is 0 Å². The molecule has 4 rings (SSSR count). The maximum absolute atomic E-state index is 14.7. The Kier molecular flexibility index (Phi) is 8.64. The van der Waals surface area contributed by atoms with Gasteiger partial charge in [-0.05, 0) is 62.9 Å². The highest BCUT2D eigenvalue weighted by atomic mass is 79.9. The molecule has 0 radical (unpaired) electrons. The minimum atomic E-state index is -1.09. The molecule has 196 valence electrons. The van der Waals surface area contributed by atoms with Gasteiger partial charge in [0, 0.05) is 53.0 Å². The molecule has 6 nitrogen and oxygen atoms in total. The first-order valence-electron chi connectivity index (χ1n) is 12.2. The summed E-state index contributed by atoms with van der Waals surface area (Å²) >= 11 is 9.54. The van der Waals surface area contributed by atoms with Crippen LogP contribution in [-0.2, 0) is 4.79 Å². The Balaban J connectivity index is 1.70. The number of fused-ring (bicyclic) bond motifs is 1. The van der Waals surface area contributed by atoms with Crippen LogP contribution in [0.25, 0.3) is 10.9 Å². The van der Waals surface area contributed by atoms with E-state index in [4.69, 9.17) is 16.6 Å². The number of rotatable bonds is 8. The Labute approximate surface area is 227 Å². The first-order chi connectivity index (χ1) is 17.7. The summed E-state index contributed by atoms with van der Waals surface area (Å²) in [6.07, 6.45) is 2.92. The predicted molar refractivity (Wildman–Crippen MR) is 144 cm³/mol. The number of hydrogen-bond donors (Lipinski definition) is 2. The summed E-state index contributed by atoms with van der Waals surface area (Å²) in [5.74, 6) is -3.15. The molecule has 0 spiro atoms. The summed E-state index contributed by atoms with van der Waals surface area (Å²) in [6, 6.07) is 7.41. The second kappa shape index (κ2) is 11.7. The van der Waals surface area contributed by atoms with Crippen molar-refractivity contribution in [1.82, 2.24) is 10.3 Å². The largest absolute Gasteiger partial charge is 0.481 e. The normalized spacial score (nSPS) is 14.6. The quantitative estimate of drug-likeness (QED) is 0.287. The van der Waals surface area contributed by atoms with Gasteiger partial charge in [-0.15, -0.1) is 0 Å². The van der Waals surface area contributed by atoms with Crippen molar-refractivity contribution in [3.05, 3.63) is 68.2 Å². The van der Waals surface area contributed by atoms with E-state index in [2.05, 4.69) is 26.1 Å². The van der Waals surface area contributed by atoms with Crippen molar-refractivity contribution in [2.45, 2.75) is 44.9 Å². The number of nitrogens with zero attached hydrogens (tertiary/aromatic N) is 2. The molecule has 2 aromatic carbocycles. The highest BCUT2D eigenvalue weighted by Gasteiger charge is 2.26. The van der Waals surface area contributed by atoms with Crippen LogP contribution in [0.4, 0.5) is 14.6 Å². The molecule has 2 heterocycles. The van der Waals surface area contributed by atoms with Crippen LogP contribution < -0.4 is 10.2 Å². The molecule has 1 aliphatic rings. The number of carboxylic acid groups (broad SMARTS) is 1. The lowest BCUT2D eigenvalue weighted by atomic mass is 9.93. The highest BCUT2D eigenvalue weighted by Crippen LogP contribution is 2.34. The van der Waals surface area contributed by atoms with Crippen molar-refractivity contribution in [3.63, 3.8) is 0 Å². The van der Waals surface area contributed by atoms with Gasteiger partial charge in [-0.2, -0.15) is 0 Å². The lowest BCUT2D eigenvalue weighted by Crippen LogP contribution is -2.33. The number of piperidine rings is 1. The third-order valence-corrected chi connectivity index (χ3v) is 7.63. The molecule has 1 saturated heterocycles. The van der Waals surface area contributed by atoms with Gasteiger partial charge in [-0.3, -0.25) is 9.59 Å². The van der Waals surface area contributed by atoms with E-state index >= 15 is 0 Å². The van der Waals surface area contributed by atoms with E-state index in [1.807, 2.05) is 25.1 Å². The Bertz CT molecular complexity index is 1350. The summed E-state index contributed by atoms with van der Waals surface area (Å²) < 4.78 is 29.6. The molecule has 0 aliphatic carbocycles. The van der Waals surface area contributed by atoms with E-state index in [1.54, 1.807) is 0 Å². The number of nitrogens with one attached hydrogen (secondary N) is 1. The van der Waals surface area contributed by atoms with Crippen molar-refractivity contribution in [2.75, 3.05) is 24.5 Å². The number of hydrogen-bond acceptors (Lipinski definition) is 4. The van der Waals surface area contributed by atoms with E-state index in [0.29, 0.717) is 16.5 Å². The molecular weight excluding hydrogens is 568 g/mol. The Morgan fingerprint density at radius 3 is 2.57 bits per heavy atom. The van der Waals surface area contributed by atoms with E-state index in [0.717, 1.165) is 60.3 Å². The number of halogens is 4. The van der Waals surface area contributed by atoms with Gasteiger partial charge >= 0.3 is 5.97 Å². The zero-order valence-electron chi connectivity index (χ0n) is 20.3. The SMILES string of the molecule is Cc1c(N2CCCCC2)nc2ccc(Br)cc2c1C(=O)NC[C@H](CCC(=O)O)c1c(F)ccc(F)c1Cl. The summed E-state index contributed by atoms with van der Waals surface area (Å²) in [6.45, 7) is 3.44. The number of anilines is 1. The molecular formula is C27H27BrClF2N3O3. The summed E-state index contributed by atoms with van der Waals surface area (Å²) in [5.41, 5.74) is 1.69. The molecule has 0 saturated carbocycles. The lowest BCUT2D eigenvalue weighted by molar-refractivity contribution is -0.137. The zero-order chi connectivity index (χ0) is 26.7. The fourth-order valence-electron chi connectivity index (χ4n) is 4.89. The molecule has 1 aliphatic heterocycles. The van der Waals surface area contributed by atoms with Gasteiger partial charge in [-0.1, -0.05) is 27.5 Å². The van der Waals surface area contributed by atoms with Crippen LogP contribution >= 0.6 is 27.5 Å². The van der Waals surface area contributed by atoms with Crippen LogP contribution in [0.3, 0.4) is 0 Å². The van der Waals surface area contributed by atoms with Gasteiger partial charge in [0.1, 0.15) is 17.5 Å². The average molecular weight is 595 g/mol. The topological polar surface area (TPSA) is 82.5 Å². The van der Waals surface area contributed by atoms with Crippen LogP contribution in [0.1, 0.15) is 59.5 Å². The second-order valence-corrected chi connectivity index (χ2v) is 10.5. The van der Waals surface area contributed by atoms with Crippen LogP contribution in [0, 0.1) is 18.6 Å². The molecule has 2 N–H and O–H groups in total. The number of carbonyl (C=O) groups is 2. The second-order valence-electron chi connectivity index (χ2n) is 9.24. The van der Waals surface area contributed by atoms with Gasteiger partial charge in [0.15, 0.2) is 0 Å². The Morgan fingerprint density at radius 2 is 1.86 bits per heavy atom. The summed E-state index contributed by atoms with van der Waals surface area (Å²) in [7, 11) is 0. The minimum Gasteiger partial charge on any atom is -0.481 e. The molecule has 1 fully saturated rings. The smallest absolute Gasteiger partial charge is 0.303 e. The van der Waals surface area contributed by atoms with Crippen LogP contribution in [-0.4, -0.2) is 41.6 Å². The molecule has 1 aromatic heterocycles. The van der Waals surface area contributed by atoms with E-state index in [1.165, 1.54) is 0 Å². The van der Waals surface area contributed by atoms with Crippen LogP contribution in [0.2, 0.25) is 5.02 Å². The minimum absolute atomic E-state index is 0.0314. The van der Waals surface area contributed by atoms with Gasteiger partial charge in [0.2, 0.25) is 0 Å². The molecule has 3 aromatic rings. The first kappa shape index (κ1) is 27.3. The first-order valence-corrected chi connectivity index (χ1v) is 13.3. The number of aromatic nitrogens is 1. The van der Waals surface area contributed by atoms with Gasteiger partial charge in [0.05, 0.1) is 16.1 Å². The third kappa shape index (κ3) is 6.04. The fourth-order valence-corrected chi connectivity index (χ4v) is 5.56. The Morgan fingerprint density at radius 1 is 1.16 bits per heavy atom. The van der Waals surface area contributed by atoms with Crippen LogP contribution in [0.15, 0.2) is 34.8 Å². The number of benzene rings is 2. The van der Waals surface area contributed by atoms with E-state index < -0.39 is 34.5 Å². The van der Waals surface area contributed by atoms with Gasteiger partial charge in [0.25, 0.3) is 5.91 Å². The van der Waals surface area contributed by atoms with Crippen molar-refractivity contribution in [2.24, 2.45) is 0 Å². The van der Waals surface area contributed by atoms with Gasteiger partial charge < -0.3 is 15.3 Å². The Hall–Kier alpha value is -2.78. The maximum Gasteiger partial charge on any atom is 0.303 e. The molecule has 1 atom stereocenters. The number of carbonyl (C=O) groups excluding carboxylic acids is 1. The number of aliphatic carboxylic acids is 1. The monoisotopic (exact) mass is 593 g/mol. The standard InChI is InChI=1S/C27H27BrClF2N3O3/c1-15-23(18-13-17(28)6-9-21(18)33-26(15)34-11-3-2-4-12-34)27(37)32-14-16(5-10-22(35)36)24-19(30)7-8-20(31)25(24)29/h6-9,13,16H,2-5,10-12,14H2,1H3,(H,32,37)(H,35,36)/t16-/m0/s1. The fraction of sp³-hybridized carbons (Fsp3) is 0.370. The number of pyridine rings is 1. The summed E-state index contributed by atoms with van der Waals surface area (Å²) in [5, 5.41) is 12.3. The average Bonchev–Trinajstić information content (AvgIpc) is 2.87. The van der Waals surface area contributed by atoms with Crippen LogP contribution in [0.5, 0.6) is 0 Å². The lowest BCUT2D eigenvalue weighted by Gasteiger charge is -2.30. The maximum atomic E-state index is 14.7. The zero-order valence-corrected chi connectivity index (χ0v) is 22.6. The van der Waals surface area contributed by atoms with Crippen molar-refractivity contribution in [1.29, 1.82) is 0 Å². The van der Waals surface area contributed by atoms with E-state index in [-0.39, 0.29) is 24.9 Å². The van der Waals surface area contributed by atoms with Gasteiger partial charge in [-0.25, -0.2) is 13.8 Å². The molecule has 10 heteroatoms. The number of amides is 1. The molecule has 0 unspecified atom stereocenters. The number of carboxylic acids is 1. The molecule has 37 heavy (non-hydrogen) atoms. The molecule has 0 bridgehead atoms. The highest BCUT2D eigenvalue weighted by molar-refractivity contribution is 9.10. The predicted octanol–water partition coefficient (Wildman–Crippen LogP) is 6.61. The molecule has 1 amide bonds. The van der Waals surface area contributed by atoms with Crippen molar-refractivity contribution >= 4 is 56.1 Å². The summed E-state index contributed by atoms with van der Waals surface area (Å²) in [4.78, 5) is 31.9.